The minimum absolute atomic E-state index is 0.0353. The molecule has 5 nitrogen and oxygen atoms in total. The molecule has 1 fully saturated rings. The number of hydrogen-bond donors (Lipinski definition) is 1. The second-order valence-electron chi connectivity index (χ2n) is 7.31. The van der Waals surface area contributed by atoms with E-state index in [2.05, 4.69) is 22.4 Å². The highest BCUT2D eigenvalue weighted by molar-refractivity contribution is 6.30. The minimum atomic E-state index is -0.442. The highest BCUT2D eigenvalue weighted by Gasteiger charge is 2.37. The van der Waals surface area contributed by atoms with E-state index in [1.165, 1.54) is 0 Å². The van der Waals surface area contributed by atoms with Gasteiger partial charge in [-0.25, -0.2) is 0 Å². The molecule has 2 aromatic rings. The van der Waals surface area contributed by atoms with E-state index in [0.717, 1.165) is 11.3 Å². The third-order valence-electron chi connectivity index (χ3n) is 5.37. The number of nitrogens with one attached hydrogen (secondary N) is 1. The van der Waals surface area contributed by atoms with Crippen LogP contribution >= 0.6 is 11.6 Å². The number of rotatable bonds is 4. The highest BCUT2D eigenvalue weighted by atomic mass is 35.5. The fourth-order valence-electron chi connectivity index (χ4n) is 3.43. The first-order chi connectivity index (χ1) is 13.4. The second kappa shape index (κ2) is 8.33. The molecule has 2 aromatic carbocycles. The highest BCUT2D eigenvalue weighted by Crippen LogP contribution is 2.35. The molecule has 0 aromatic heterocycles. The molecule has 1 N–H and O–H groups in total. The van der Waals surface area contributed by atoms with Crippen LogP contribution in [0.3, 0.4) is 0 Å². The standard InChI is InChI=1S/C22H21ClN4O/c1-22(21(28)26-15-17-4-2-16(13-24)3-5-17)8-10-27(11-9-22)20-7-6-19(23)12-18(20)14-25/h2-7,12H,8-11,15H2,1H3,(H,26,28). The van der Waals surface area contributed by atoms with Crippen LogP contribution in [0.15, 0.2) is 42.5 Å². The van der Waals surface area contributed by atoms with Crippen LogP contribution in [0.2, 0.25) is 5.02 Å². The minimum Gasteiger partial charge on any atom is -0.370 e. The lowest BCUT2D eigenvalue weighted by Gasteiger charge is -2.39. The first kappa shape index (κ1) is 19.7. The third kappa shape index (κ3) is 4.27. The molecule has 6 heteroatoms. The van der Waals surface area contributed by atoms with Crippen molar-refractivity contribution in [2.24, 2.45) is 5.41 Å². The normalized spacial score (nSPS) is 15.4. The van der Waals surface area contributed by atoms with Crippen LogP contribution in [0.25, 0.3) is 0 Å². The molecular weight excluding hydrogens is 372 g/mol. The molecule has 1 aliphatic heterocycles. The van der Waals surface area contributed by atoms with Crippen molar-refractivity contribution in [2.45, 2.75) is 26.3 Å². The Morgan fingerprint density at radius 2 is 1.82 bits per heavy atom. The van der Waals surface area contributed by atoms with Crippen molar-refractivity contribution in [3.8, 4) is 12.1 Å². The fourth-order valence-corrected chi connectivity index (χ4v) is 3.61. The molecule has 3 rings (SSSR count). The molecule has 0 unspecified atom stereocenters. The Morgan fingerprint density at radius 3 is 2.43 bits per heavy atom. The predicted octanol–water partition coefficient (Wildman–Crippen LogP) is 4.01. The van der Waals surface area contributed by atoms with Crippen molar-refractivity contribution < 1.29 is 4.79 Å². The van der Waals surface area contributed by atoms with Gasteiger partial charge in [0, 0.05) is 30.1 Å². The van der Waals surface area contributed by atoms with Gasteiger partial charge >= 0.3 is 0 Å². The Bertz CT molecular complexity index is 948. The van der Waals surface area contributed by atoms with Crippen LogP contribution < -0.4 is 10.2 Å². The number of carbonyl (C=O) groups excluding carboxylic acids is 1. The second-order valence-corrected chi connectivity index (χ2v) is 7.75. The summed E-state index contributed by atoms with van der Waals surface area (Å²) in [6.07, 6.45) is 1.42. The molecule has 142 valence electrons. The summed E-state index contributed by atoms with van der Waals surface area (Å²) in [5.41, 5.74) is 2.55. The van der Waals surface area contributed by atoms with Crippen LogP contribution in [-0.2, 0) is 11.3 Å². The molecule has 0 saturated carbocycles. The quantitative estimate of drug-likeness (QED) is 0.852. The SMILES string of the molecule is CC1(C(=O)NCc2ccc(C#N)cc2)CCN(c2ccc(Cl)cc2C#N)CC1. The van der Waals surface area contributed by atoms with Crippen LogP contribution in [0.5, 0.6) is 0 Å². The van der Waals surface area contributed by atoms with Gasteiger partial charge in [-0.2, -0.15) is 10.5 Å². The van der Waals surface area contributed by atoms with E-state index in [-0.39, 0.29) is 5.91 Å². The molecule has 1 aliphatic rings. The maximum absolute atomic E-state index is 12.8. The zero-order valence-corrected chi connectivity index (χ0v) is 16.5. The maximum Gasteiger partial charge on any atom is 0.226 e. The molecule has 0 atom stereocenters. The Labute approximate surface area is 170 Å². The van der Waals surface area contributed by atoms with Gasteiger partial charge in [0.25, 0.3) is 0 Å². The van der Waals surface area contributed by atoms with E-state index in [1.807, 2.05) is 25.1 Å². The summed E-state index contributed by atoms with van der Waals surface area (Å²) in [5.74, 6) is 0.0353. The van der Waals surface area contributed by atoms with Crippen molar-refractivity contribution >= 4 is 23.2 Å². The van der Waals surface area contributed by atoms with E-state index in [0.29, 0.717) is 48.6 Å². The summed E-state index contributed by atoms with van der Waals surface area (Å²) in [6, 6.07) is 16.8. The van der Waals surface area contributed by atoms with Gasteiger partial charge in [-0.15, -0.1) is 0 Å². The van der Waals surface area contributed by atoms with E-state index < -0.39 is 5.41 Å². The number of benzene rings is 2. The molecule has 28 heavy (non-hydrogen) atoms. The van der Waals surface area contributed by atoms with Crippen molar-refractivity contribution in [1.82, 2.24) is 5.32 Å². The maximum atomic E-state index is 12.8. The molecular formula is C22H21ClN4O. The summed E-state index contributed by atoms with van der Waals surface area (Å²) in [6.45, 7) is 3.85. The number of piperidine rings is 1. The number of carbonyl (C=O) groups is 1. The van der Waals surface area contributed by atoms with Gasteiger partial charge < -0.3 is 10.2 Å². The van der Waals surface area contributed by atoms with Crippen molar-refractivity contribution in [3.05, 3.63) is 64.2 Å². The third-order valence-corrected chi connectivity index (χ3v) is 5.61. The first-order valence-corrected chi connectivity index (χ1v) is 9.55. The topological polar surface area (TPSA) is 79.9 Å². The number of anilines is 1. The molecule has 0 bridgehead atoms. The largest absolute Gasteiger partial charge is 0.370 e. The summed E-state index contributed by atoms with van der Waals surface area (Å²) in [7, 11) is 0. The summed E-state index contributed by atoms with van der Waals surface area (Å²) in [5, 5.41) is 21.8. The summed E-state index contributed by atoms with van der Waals surface area (Å²) >= 11 is 5.99. The molecule has 1 saturated heterocycles. The van der Waals surface area contributed by atoms with E-state index in [1.54, 1.807) is 24.3 Å². The smallest absolute Gasteiger partial charge is 0.226 e. The molecule has 0 radical (unpaired) electrons. The molecule has 1 amide bonds. The number of halogens is 1. The molecule has 0 aliphatic carbocycles. The zero-order valence-electron chi connectivity index (χ0n) is 15.7. The Kier molecular flexibility index (Phi) is 5.87. The molecule has 1 heterocycles. The number of nitrogens with zero attached hydrogens (tertiary/aromatic N) is 3. The number of amides is 1. The van der Waals surface area contributed by atoms with Crippen LogP contribution in [0.1, 0.15) is 36.5 Å². The summed E-state index contributed by atoms with van der Waals surface area (Å²) < 4.78 is 0. The number of nitriles is 2. The average molecular weight is 393 g/mol. The summed E-state index contributed by atoms with van der Waals surface area (Å²) in [4.78, 5) is 14.9. The van der Waals surface area contributed by atoms with Gasteiger partial charge in [0.15, 0.2) is 0 Å². The van der Waals surface area contributed by atoms with Crippen molar-refractivity contribution in [2.75, 3.05) is 18.0 Å². The van der Waals surface area contributed by atoms with Crippen molar-refractivity contribution in [3.63, 3.8) is 0 Å². The lowest BCUT2D eigenvalue weighted by molar-refractivity contribution is -0.131. The molecule has 0 spiro atoms. The van der Waals surface area contributed by atoms with Gasteiger partial charge in [0.05, 0.1) is 22.9 Å². The van der Waals surface area contributed by atoms with Crippen molar-refractivity contribution in [1.29, 1.82) is 10.5 Å². The van der Waals surface area contributed by atoms with E-state index in [9.17, 15) is 10.1 Å². The zero-order chi connectivity index (χ0) is 20.1. The predicted molar refractivity (Wildman–Crippen MR) is 109 cm³/mol. The van der Waals surface area contributed by atoms with Crippen LogP contribution in [-0.4, -0.2) is 19.0 Å². The van der Waals surface area contributed by atoms with Gasteiger partial charge in [0.2, 0.25) is 5.91 Å². The average Bonchev–Trinajstić information content (AvgIpc) is 2.73. The number of hydrogen-bond acceptors (Lipinski definition) is 4. The van der Waals surface area contributed by atoms with Gasteiger partial charge in [-0.05, 0) is 48.7 Å². The van der Waals surface area contributed by atoms with Crippen LogP contribution in [0.4, 0.5) is 5.69 Å². The Balaban J connectivity index is 1.60. The Hall–Kier alpha value is -3.02. The van der Waals surface area contributed by atoms with Gasteiger partial charge in [0.1, 0.15) is 6.07 Å². The monoisotopic (exact) mass is 392 g/mol. The lowest BCUT2D eigenvalue weighted by Crippen LogP contribution is -2.47. The fraction of sp³-hybridized carbons (Fsp3) is 0.318. The Morgan fingerprint density at radius 1 is 1.14 bits per heavy atom. The first-order valence-electron chi connectivity index (χ1n) is 9.17. The van der Waals surface area contributed by atoms with E-state index >= 15 is 0 Å². The van der Waals surface area contributed by atoms with Gasteiger partial charge in [-0.3, -0.25) is 4.79 Å². The van der Waals surface area contributed by atoms with Gasteiger partial charge in [-0.1, -0.05) is 30.7 Å². The lowest BCUT2D eigenvalue weighted by atomic mass is 9.79. The van der Waals surface area contributed by atoms with Crippen LogP contribution in [0, 0.1) is 28.1 Å². The van der Waals surface area contributed by atoms with E-state index in [4.69, 9.17) is 16.9 Å².